The van der Waals surface area contributed by atoms with E-state index in [1.807, 2.05) is 0 Å². The molecule has 0 saturated heterocycles. The van der Waals surface area contributed by atoms with Crippen LogP contribution < -0.4 is 0 Å². The van der Waals surface area contributed by atoms with Crippen LogP contribution in [-0.4, -0.2) is 5.78 Å². The molecule has 0 aromatic heterocycles. The average Bonchev–Trinajstić information content (AvgIpc) is 2.98. The highest BCUT2D eigenvalue weighted by Gasteiger charge is 2.60. The summed E-state index contributed by atoms with van der Waals surface area (Å²) in [6, 6.07) is 11.2. The molecule has 1 nitrogen and oxygen atoms in total. The van der Waals surface area contributed by atoms with Crippen LogP contribution in [0.4, 0.5) is 0 Å². The number of hydrogen-bond acceptors (Lipinski definition) is 1. The Kier molecular flexibility index (Phi) is 3.98. The van der Waals surface area contributed by atoms with E-state index in [-0.39, 0.29) is 5.41 Å². The minimum Gasteiger partial charge on any atom is -0.295 e. The molecule has 1 aromatic carbocycles. The van der Waals surface area contributed by atoms with Crippen molar-refractivity contribution in [3.05, 3.63) is 47.5 Å². The molecule has 4 aliphatic rings. The molecule has 27 heavy (non-hydrogen) atoms. The first-order chi connectivity index (χ1) is 12.9. The standard InChI is InChI=1S/C26H34O/c1-17-9-10-22-24-21(18-7-5-4-6-8-18)16-19-15-20(27)11-13-26(19,3)23(24)12-14-25(17,22)2/h4-8,15,17,21-24H,9-14,16H2,1-3H3/t17-,21+,22-,23-,24-,25+,26-/m0/s1. The lowest BCUT2D eigenvalue weighted by Gasteiger charge is -2.60. The topological polar surface area (TPSA) is 17.1 Å². The van der Waals surface area contributed by atoms with E-state index in [2.05, 4.69) is 57.2 Å². The minimum absolute atomic E-state index is 0.261. The van der Waals surface area contributed by atoms with Gasteiger partial charge < -0.3 is 0 Å². The smallest absolute Gasteiger partial charge is 0.155 e. The highest BCUT2D eigenvalue weighted by Crippen LogP contribution is 2.69. The molecule has 0 radical (unpaired) electrons. The molecule has 1 heteroatoms. The zero-order valence-electron chi connectivity index (χ0n) is 17.2. The second-order valence-electron chi connectivity index (χ2n) is 10.6. The van der Waals surface area contributed by atoms with Crippen molar-refractivity contribution in [3.8, 4) is 0 Å². The van der Waals surface area contributed by atoms with Gasteiger partial charge in [-0.25, -0.2) is 0 Å². The van der Waals surface area contributed by atoms with Crippen LogP contribution in [0.3, 0.4) is 0 Å². The van der Waals surface area contributed by atoms with Crippen LogP contribution in [0.5, 0.6) is 0 Å². The quantitative estimate of drug-likeness (QED) is 0.554. The summed E-state index contributed by atoms with van der Waals surface area (Å²) in [5.41, 5.74) is 3.77. The fraction of sp³-hybridized carbons (Fsp3) is 0.654. The van der Waals surface area contributed by atoms with E-state index in [0.717, 1.165) is 42.9 Å². The first-order valence-electron chi connectivity index (χ1n) is 11.2. The van der Waals surface area contributed by atoms with Crippen LogP contribution in [0.2, 0.25) is 0 Å². The maximum Gasteiger partial charge on any atom is 0.155 e. The van der Waals surface area contributed by atoms with Crippen molar-refractivity contribution in [1.82, 2.24) is 0 Å². The number of benzene rings is 1. The Morgan fingerprint density at radius 1 is 0.963 bits per heavy atom. The van der Waals surface area contributed by atoms with Gasteiger partial charge in [-0.3, -0.25) is 4.79 Å². The molecular formula is C26H34O. The lowest BCUT2D eigenvalue weighted by atomic mass is 9.44. The van der Waals surface area contributed by atoms with Gasteiger partial charge in [-0.2, -0.15) is 0 Å². The first kappa shape index (κ1) is 17.7. The Hall–Kier alpha value is -1.37. The zero-order valence-corrected chi connectivity index (χ0v) is 17.2. The molecule has 3 saturated carbocycles. The molecule has 5 rings (SSSR count). The van der Waals surface area contributed by atoms with Crippen LogP contribution in [0, 0.1) is 34.5 Å². The zero-order chi connectivity index (χ0) is 18.8. The Morgan fingerprint density at radius 3 is 2.52 bits per heavy atom. The number of ketones is 1. The lowest BCUT2D eigenvalue weighted by Crippen LogP contribution is -2.52. The minimum atomic E-state index is 0.261. The third kappa shape index (κ3) is 2.46. The molecule has 0 spiro atoms. The highest BCUT2D eigenvalue weighted by atomic mass is 16.1. The first-order valence-corrected chi connectivity index (χ1v) is 11.2. The van der Waals surface area contributed by atoms with Gasteiger partial charge in [0.05, 0.1) is 0 Å². The van der Waals surface area contributed by atoms with Gasteiger partial charge in [0.2, 0.25) is 0 Å². The molecular weight excluding hydrogens is 328 g/mol. The van der Waals surface area contributed by atoms with E-state index in [0.29, 0.717) is 17.1 Å². The highest BCUT2D eigenvalue weighted by molar-refractivity contribution is 5.91. The monoisotopic (exact) mass is 362 g/mol. The van der Waals surface area contributed by atoms with Crippen molar-refractivity contribution in [2.24, 2.45) is 34.5 Å². The van der Waals surface area contributed by atoms with Gasteiger partial charge in [0.15, 0.2) is 5.78 Å². The Bertz CT molecular complexity index is 777. The van der Waals surface area contributed by atoms with Crippen LogP contribution in [0.1, 0.15) is 77.2 Å². The number of carbonyl (C=O) groups excluding carboxylic acids is 1. The van der Waals surface area contributed by atoms with Crippen LogP contribution >= 0.6 is 0 Å². The molecule has 0 bridgehead atoms. The van der Waals surface area contributed by atoms with Crippen LogP contribution in [0.25, 0.3) is 0 Å². The van der Waals surface area contributed by atoms with Gasteiger partial charge >= 0.3 is 0 Å². The van der Waals surface area contributed by atoms with E-state index in [1.165, 1.54) is 36.8 Å². The van der Waals surface area contributed by atoms with Crippen molar-refractivity contribution in [1.29, 1.82) is 0 Å². The predicted octanol–water partition coefficient (Wildman–Crippen LogP) is 6.55. The molecule has 3 fully saturated rings. The van der Waals surface area contributed by atoms with Gasteiger partial charge in [-0.05, 0) is 90.6 Å². The van der Waals surface area contributed by atoms with Crippen molar-refractivity contribution in [3.63, 3.8) is 0 Å². The van der Waals surface area contributed by atoms with Crippen molar-refractivity contribution in [2.45, 2.75) is 71.6 Å². The molecule has 0 unspecified atom stereocenters. The lowest BCUT2D eigenvalue weighted by molar-refractivity contribution is -0.117. The average molecular weight is 363 g/mol. The second-order valence-corrected chi connectivity index (χ2v) is 10.6. The van der Waals surface area contributed by atoms with Crippen molar-refractivity contribution < 1.29 is 4.79 Å². The van der Waals surface area contributed by atoms with Gasteiger partial charge in [0.25, 0.3) is 0 Å². The largest absolute Gasteiger partial charge is 0.295 e. The fourth-order valence-electron chi connectivity index (χ4n) is 7.87. The maximum absolute atomic E-state index is 12.3. The van der Waals surface area contributed by atoms with Gasteiger partial charge in [0.1, 0.15) is 0 Å². The molecule has 0 amide bonds. The number of carbonyl (C=O) groups is 1. The third-order valence-electron chi connectivity index (χ3n) is 9.72. The molecule has 0 heterocycles. The van der Waals surface area contributed by atoms with Crippen molar-refractivity contribution in [2.75, 3.05) is 0 Å². The molecule has 7 atom stereocenters. The number of fused-ring (bicyclic) bond motifs is 5. The second kappa shape index (κ2) is 6.06. The molecule has 144 valence electrons. The van der Waals surface area contributed by atoms with Gasteiger partial charge in [-0.1, -0.05) is 56.7 Å². The summed E-state index contributed by atoms with van der Waals surface area (Å²) >= 11 is 0. The summed E-state index contributed by atoms with van der Waals surface area (Å²) < 4.78 is 0. The number of hydrogen-bond donors (Lipinski definition) is 0. The van der Waals surface area contributed by atoms with E-state index < -0.39 is 0 Å². The van der Waals surface area contributed by atoms with Gasteiger partial charge in [0, 0.05) is 6.42 Å². The maximum atomic E-state index is 12.3. The number of allylic oxidation sites excluding steroid dienone is 1. The van der Waals surface area contributed by atoms with E-state index >= 15 is 0 Å². The summed E-state index contributed by atoms with van der Waals surface area (Å²) in [7, 11) is 0. The SMILES string of the molecule is C[C@H]1CC[C@H]2[C@@H]3[C@@H](c4ccccc4)CC4=CC(=O)CC[C@]4(C)[C@H]3CC[C@]12C. The summed E-state index contributed by atoms with van der Waals surface area (Å²) in [6.07, 6.45) is 10.6. The molecule has 4 aliphatic carbocycles. The predicted molar refractivity (Wildman–Crippen MR) is 110 cm³/mol. The Labute approximate surface area is 164 Å². The van der Waals surface area contributed by atoms with Crippen molar-refractivity contribution >= 4 is 5.78 Å². The summed E-state index contributed by atoms with van der Waals surface area (Å²) in [5, 5.41) is 0. The van der Waals surface area contributed by atoms with E-state index in [9.17, 15) is 4.79 Å². The van der Waals surface area contributed by atoms with Crippen LogP contribution in [0.15, 0.2) is 42.0 Å². The fourth-order valence-corrected chi connectivity index (χ4v) is 7.87. The Balaban J connectivity index is 1.63. The third-order valence-corrected chi connectivity index (χ3v) is 9.72. The molecule has 0 N–H and O–H groups in total. The normalized spacial score (nSPS) is 46.3. The Morgan fingerprint density at radius 2 is 1.74 bits per heavy atom. The summed E-state index contributed by atoms with van der Waals surface area (Å²) in [5.74, 6) is 4.20. The van der Waals surface area contributed by atoms with E-state index in [4.69, 9.17) is 0 Å². The molecule has 1 aromatic rings. The van der Waals surface area contributed by atoms with Gasteiger partial charge in [-0.15, -0.1) is 0 Å². The number of rotatable bonds is 1. The summed E-state index contributed by atoms with van der Waals surface area (Å²) in [6.45, 7) is 7.61. The summed E-state index contributed by atoms with van der Waals surface area (Å²) in [4.78, 5) is 12.3. The van der Waals surface area contributed by atoms with E-state index in [1.54, 1.807) is 0 Å². The molecule has 0 aliphatic heterocycles. The van der Waals surface area contributed by atoms with Crippen LogP contribution in [-0.2, 0) is 4.79 Å².